The van der Waals surface area contributed by atoms with Crippen molar-refractivity contribution in [1.29, 1.82) is 0 Å². The fourth-order valence-electron chi connectivity index (χ4n) is 6.02. The number of imidazole rings is 1. The molecule has 2 N–H and O–H groups in total. The molecule has 220 valence electrons. The molecular formula is C33H42N8O. The van der Waals surface area contributed by atoms with Crippen LogP contribution in [0.2, 0.25) is 0 Å². The molecule has 1 unspecified atom stereocenters. The van der Waals surface area contributed by atoms with Gasteiger partial charge in [-0.2, -0.15) is 4.98 Å². The fraction of sp³-hybridized carbons (Fsp3) is 0.455. The van der Waals surface area contributed by atoms with Crippen LogP contribution in [0.3, 0.4) is 0 Å². The van der Waals surface area contributed by atoms with Gasteiger partial charge in [-0.05, 0) is 92.5 Å². The predicted octanol–water partition coefficient (Wildman–Crippen LogP) is 5.37. The van der Waals surface area contributed by atoms with Gasteiger partial charge in [0.05, 0.1) is 0 Å². The molecule has 1 atom stereocenters. The normalized spacial score (nSPS) is 18.8. The lowest BCUT2D eigenvalue weighted by atomic mass is 9.86. The Balaban J connectivity index is 1.14. The van der Waals surface area contributed by atoms with E-state index in [9.17, 15) is 4.79 Å². The standard InChI is InChI=1S/C33H42N8O/c1-33(2,3)26-11-7-25(8-12-26)31(42)36-28-6-5-18-40(22-28)32-37-29(30-34-17-21-41(30)38-32)35-27-13-9-23(10-14-27)24-15-19-39(4)20-16-24/h7-14,17,21,24,28H,5-6,15-16,18-20,22H2,1-4H3,(H,36,42)(H,35,37,38). The molecule has 0 saturated carbocycles. The van der Waals surface area contributed by atoms with Gasteiger partial charge in [-0.1, -0.05) is 45.0 Å². The van der Waals surface area contributed by atoms with E-state index in [1.54, 1.807) is 10.7 Å². The molecule has 4 aromatic rings. The molecule has 2 saturated heterocycles. The van der Waals surface area contributed by atoms with Gasteiger partial charge in [0.15, 0.2) is 11.5 Å². The summed E-state index contributed by atoms with van der Waals surface area (Å²) in [7, 11) is 2.20. The lowest BCUT2D eigenvalue weighted by Crippen LogP contribution is -2.48. The van der Waals surface area contributed by atoms with E-state index in [-0.39, 0.29) is 17.4 Å². The minimum atomic E-state index is -0.0423. The highest BCUT2D eigenvalue weighted by atomic mass is 16.1. The third kappa shape index (κ3) is 6.26. The summed E-state index contributed by atoms with van der Waals surface area (Å²) in [6.45, 7) is 10.3. The van der Waals surface area contributed by atoms with Crippen molar-refractivity contribution in [1.82, 2.24) is 29.8 Å². The maximum absolute atomic E-state index is 13.1. The number of carbonyl (C=O) groups is 1. The number of nitrogens with zero attached hydrogens (tertiary/aromatic N) is 6. The van der Waals surface area contributed by atoms with Crippen molar-refractivity contribution in [3.63, 3.8) is 0 Å². The Kier molecular flexibility index (Phi) is 7.86. The van der Waals surface area contributed by atoms with Crippen LogP contribution < -0.4 is 15.5 Å². The van der Waals surface area contributed by atoms with Crippen LogP contribution >= 0.6 is 0 Å². The van der Waals surface area contributed by atoms with Crippen molar-refractivity contribution in [2.45, 2.75) is 63.8 Å². The van der Waals surface area contributed by atoms with E-state index in [0.717, 1.165) is 38.2 Å². The number of nitrogens with one attached hydrogen (secondary N) is 2. The molecule has 2 aromatic carbocycles. The van der Waals surface area contributed by atoms with Gasteiger partial charge in [0.2, 0.25) is 5.95 Å². The highest BCUT2D eigenvalue weighted by Gasteiger charge is 2.25. The Hall–Kier alpha value is -3.98. The second-order valence-corrected chi connectivity index (χ2v) is 12.9. The van der Waals surface area contributed by atoms with E-state index in [1.165, 1.54) is 24.0 Å². The molecule has 9 nitrogen and oxygen atoms in total. The van der Waals surface area contributed by atoms with Gasteiger partial charge >= 0.3 is 0 Å². The minimum Gasteiger partial charge on any atom is -0.348 e. The number of benzene rings is 2. The van der Waals surface area contributed by atoms with Crippen molar-refractivity contribution in [2.75, 3.05) is 43.4 Å². The summed E-state index contributed by atoms with van der Waals surface area (Å²) in [4.78, 5) is 27.1. The number of rotatable bonds is 6. The molecule has 1 amide bonds. The van der Waals surface area contributed by atoms with Gasteiger partial charge in [-0.15, -0.1) is 5.10 Å². The molecule has 6 rings (SSSR count). The zero-order chi connectivity index (χ0) is 29.3. The number of hydrogen-bond acceptors (Lipinski definition) is 7. The molecule has 42 heavy (non-hydrogen) atoms. The van der Waals surface area contributed by atoms with E-state index in [0.29, 0.717) is 35.4 Å². The van der Waals surface area contributed by atoms with Crippen LogP contribution in [0, 0.1) is 0 Å². The summed E-state index contributed by atoms with van der Waals surface area (Å²) >= 11 is 0. The van der Waals surface area contributed by atoms with Crippen molar-refractivity contribution >= 4 is 29.0 Å². The maximum atomic E-state index is 13.1. The van der Waals surface area contributed by atoms with E-state index in [1.807, 2.05) is 30.5 Å². The average molecular weight is 567 g/mol. The van der Waals surface area contributed by atoms with Crippen LogP contribution in [0.15, 0.2) is 60.9 Å². The first-order valence-corrected chi connectivity index (χ1v) is 15.2. The van der Waals surface area contributed by atoms with Crippen LogP contribution in [0.5, 0.6) is 0 Å². The SMILES string of the molecule is CN1CCC(c2ccc(Nc3nc(N4CCCC(NC(=O)c5ccc(C(C)(C)C)cc5)C4)nn4ccnc34)cc2)CC1. The summed E-state index contributed by atoms with van der Waals surface area (Å²) in [5.41, 5.74) is 5.01. The van der Waals surface area contributed by atoms with Gasteiger partial charge in [0, 0.05) is 42.8 Å². The van der Waals surface area contributed by atoms with Crippen molar-refractivity contribution in [3.8, 4) is 0 Å². The Morgan fingerprint density at radius 1 is 0.952 bits per heavy atom. The molecule has 2 fully saturated rings. The van der Waals surface area contributed by atoms with Crippen LogP contribution in [0.25, 0.3) is 5.65 Å². The zero-order valence-corrected chi connectivity index (χ0v) is 25.2. The van der Waals surface area contributed by atoms with Crippen LogP contribution in [0.4, 0.5) is 17.5 Å². The lowest BCUT2D eigenvalue weighted by Gasteiger charge is -2.33. The highest BCUT2D eigenvalue weighted by molar-refractivity contribution is 5.94. The molecule has 2 aromatic heterocycles. The van der Waals surface area contributed by atoms with E-state index in [4.69, 9.17) is 10.1 Å². The number of piperidine rings is 2. The third-order valence-corrected chi connectivity index (χ3v) is 8.66. The largest absolute Gasteiger partial charge is 0.348 e. The molecule has 4 heterocycles. The molecular weight excluding hydrogens is 524 g/mol. The van der Waals surface area contributed by atoms with Crippen molar-refractivity contribution in [3.05, 3.63) is 77.6 Å². The van der Waals surface area contributed by atoms with Crippen molar-refractivity contribution < 1.29 is 4.79 Å². The smallest absolute Gasteiger partial charge is 0.251 e. The number of likely N-dealkylation sites (tertiary alicyclic amines) is 1. The van der Waals surface area contributed by atoms with E-state index in [2.05, 4.69) is 77.5 Å². The van der Waals surface area contributed by atoms with Crippen LogP contribution in [-0.2, 0) is 5.41 Å². The third-order valence-electron chi connectivity index (χ3n) is 8.66. The molecule has 2 aliphatic heterocycles. The van der Waals surface area contributed by atoms with Gasteiger partial charge in [0.1, 0.15) is 0 Å². The second kappa shape index (κ2) is 11.7. The Bertz CT molecular complexity index is 1510. The van der Waals surface area contributed by atoms with Gasteiger partial charge < -0.3 is 20.4 Å². The summed E-state index contributed by atoms with van der Waals surface area (Å²) in [6, 6.07) is 16.7. The topological polar surface area (TPSA) is 90.7 Å². The summed E-state index contributed by atoms with van der Waals surface area (Å²) in [6.07, 6.45) is 7.86. The lowest BCUT2D eigenvalue weighted by molar-refractivity contribution is 0.0933. The van der Waals surface area contributed by atoms with E-state index < -0.39 is 0 Å². The summed E-state index contributed by atoms with van der Waals surface area (Å²) in [5, 5.41) is 11.5. The first kappa shape index (κ1) is 28.2. The maximum Gasteiger partial charge on any atom is 0.251 e. The minimum absolute atomic E-state index is 0.0131. The Labute approximate surface area is 248 Å². The second-order valence-electron chi connectivity index (χ2n) is 12.9. The molecule has 9 heteroatoms. The summed E-state index contributed by atoms with van der Waals surface area (Å²) in [5.74, 6) is 1.87. The molecule has 0 aliphatic carbocycles. The molecule has 0 radical (unpaired) electrons. The van der Waals surface area contributed by atoms with Crippen molar-refractivity contribution in [2.24, 2.45) is 0 Å². The van der Waals surface area contributed by atoms with Gasteiger partial charge in [0.25, 0.3) is 5.91 Å². The summed E-state index contributed by atoms with van der Waals surface area (Å²) < 4.78 is 1.77. The quantitative estimate of drug-likeness (QED) is 0.324. The molecule has 0 spiro atoms. The number of hydrogen-bond donors (Lipinski definition) is 2. The van der Waals surface area contributed by atoms with Crippen LogP contribution in [0.1, 0.15) is 73.9 Å². The Morgan fingerprint density at radius 2 is 1.69 bits per heavy atom. The van der Waals surface area contributed by atoms with Crippen LogP contribution in [-0.4, -0.2) is 69.7 Å². The first-order valence-electron chi connectivity index (χ1n) is 15.2. The number of anilines is 3. The number of carbonyl (C=O) groups excluding carboxylic acids is 1. The number of amides is 1. The van der Waals surface area contributed by atoms with Gasteiger partial charge in [-0.3, -0.25) is 4.79 Å². The van der Waals surface area contributed by atoms with Gasteiger partial charge in [-0.25, -0.2) is 9.50 Å². The number of aromatic nitrogens is 4. The monoisotopic (exact) mass is 566 g/mol. The molecule has 2 aliphatic rings. The first-order chi connectivity index (χ1) is 20.2. The zero-order valence-electron chi connectivity index (χ0n) is 25.2. The number of fused-ring (bicyclic) bond motifs is 1. The Morgan fingerprint density at radius 3 is 2.40 bits per heavy atom. The average Bonchev–Trinajstić information content (AvgIpc) is 3.47. The predicted molar refractivity (Wildman–Crippen MR) is 168 cm³/mol. The highest BCUT2D eigenvalue weighted by Crippen LogP contribution is 2.30. The van der Waals surface area contributed by atoms with E-state index >= 15 is 0 Å². The molecule has 0 bridgehead atoms. The fourth-order valence-corrected chi connectivity index (χ4v) is 6.02.